The molecule has 0 aromatic rings. The molecule has 0 spiro atoms. The Morgan fingerprint density at radius 3 is 2.00 bits per heavy atom. The van der Waals surface area contributed by atoms with E-state index in [4.69, 9.17) is 5.11 Å². The molecule has 1 fully saturated rings. The van der Waals surface area contributed by atoms with Crippen LogP contribution in [0.2, 0.25) is 0 Å². The molecule has 0 bridgehead atoms. The van der Waals surface area contributed by atoms with E-state index >= 15 is 0 Å². The highest BCUT2D eigenvalue weighted by atomic mass is 16.2. The van der Waals surface area contributed by atoms with Gasteiger partial charge in [0.15, 0.2) is 0 Å². The van der Waals surface area contributed by atoms with E-state index in [-0.39, 0.29) is 6.61 Å². The smallest absolute Gasteiger partial charge is 0.0402 e. The summed E-state index contributed by atoms with van der Waals surface area (Å²) in [5.74, 6) is 0.935. The van der Waals surface area contributed by atoms with Gasteiger partial charge in [-0.15, -0.1) is 0 Å². The summed E-state index contributed by atoms with van der Waals surface area (Å²) in [6.07, 6.45) is 2.81. The van der Waals surface area contributed by atoms with Crippen LogP contribution in [0.25, 0.3) is 0 Å². The zero-order valence-corrected chi connectivity index (χ0v) is 7.22. The molecule has 1 saturated carbocycles. The van der Waals surface area contributed by atoms with Crippen LogP contribution in [-0.2, 0) is 0 Å². The fourth-order valence-corrected chi connectivity index (χ4v) is 1.10. The van der Waals surface area contributed by atoms with Crippen molar-refractivity contribution in [1.82, 2.24) is 5.32 Å². The van der Waals surface area contributed by atoms with Crippen LogP contribution in [0, 0.1) is 5.92 Å². The molecule has 0 aromatic heterocycles. The van der Waals surface area contributed by atoms with Crippen molar-refractivity contribution in [3.8, 4) is 0 Å². The lowest BCUT2D eigenvalue weighted by Crippen LogP contribution is -2.39. The fourth-order valence-electron chi connectivity index (χ4n) is 1.10. The molecule has 0 heterocycles. The monoisotopic (exact) mass is 145 g/mol. The summed E-state index contributed by atoms with van der Waals surface area (Å²) < 4.78 is 0. The van der Waals surface area contributed by atoms with E-state index in [2.05, 4.69) is 12.2 Å². The molecule has 2 N–H and O–H groups in total. The van der Waals surface area contributed by atoms with Crippen molar-refractivity contribution in [3.05, 3.63) is 0 Å². The van der Waals surface area contributed by atoms with Gasteiger partial charge in [-0.3, -0.25) is 0 Å². The normalized spacial score (nSPS) is 30.0. The van der Waals surface area contributed by atoms with E-state index in [0.29, 0.717) is 0 Å². The van der Waals surface area contributed by atoms with E-state index in [1.54, 1.807) is 6.92 Å². The summed E-state index contributed by atoms with van der Waals surface area (Å²) in [7, 11) is 2.04. The van der Waals surface area contributed by atoms with E-state index in [0.717, 1.165) is 12.0 Å². The third-order valence-electron chi connectivity index (χ3n) is 1.99. The van der Waals surface area contributed by atoms with Gasteiger partial charge in [0.2, 0.25) is 0 Å². The zero-order valence-electron chi connectivity index (χ0n) is 7.22. The van der Waals surface area contributed by atoms with Gasteiger partial charge in [0.1, 0.15) is 0 Å². The maximum Gasteiger partial charge on any atom is 0.0402 e. The molecule has 2 unspecified atom stereocenters. The predicted octanol–water partition coefficient (Wildman–Crippen LogP) is 1.00. The average Bonchev–Trinajstić information content (AvgIpc) is 1.88. The van der Waals surface area contributed by atoms with E-state index in [1.807, 2.05) is 7.05 Å². The first kappa shape index (κ1) is 9.92. The van der Waals surface area contributed by atoms with Crippen LogP contribution in [0.15, 0.2) is 0 Å². The molecule has 0 amide bonds. The Bertz CT molecular complexity index is 73.7. The first-order valence-corrected chi connectivity index (χ1v) is 4.04. The van der Waals surface area contributed by atoms with Crippen molar-refractivity contribution in [3.63, 3.8) is 0 Å². The number of aliphatic hydroxyl groups is 1. The van der Waals surface area contributed by atoms with Crippen LogP contribution >= 0.6 is 0 Å². The number of hydrogen-bond donors (Lipinski definition) is 2. The molecule has 2 nitrogen and oxygen atoms in total. The number of rotatable bonds is 1. The van der Waals surface area contributed by atoms with Crippen LogP contribution < -0.4 is 5.32 Å². The largest absolute Gasteiger partial charge is 0.397 e. The van der Waals surface area contributed by atoms with Gasteiger partial charge in [0.05, 0.1) is 0 Å². The van der Waals surface area contributed by atoms with Gasteiger partial charge in [-0.1, -0.05) is 6.92 Å². The molecule has 1 aliphatic carbocycles. The molecule has 1 rings (SSSR count). The summed E-state index contributed by atoms with van der Waals surface area (Å²) in [5, 5.41) is 10.8. The predicted molar refractivity (Wildman–Crippen MR) is 44.0 cm³/mol. The van der Waals surface area contributed by atoms with Crippen molar-refractivity contribution in [2.75, 3.05) is 13.7 Å². The lowest BCUT2D eigenvalue weighted by atomic mass is 9.81. The molecular weight excluding hydrogens is 126 g/mol. The lowest BCUT2D eigenvalue weighted by molar-refractivity contribution is 0.243. The number of hydrogen-bond acceptors (Lipinski definition) is 2. The second-order valence-corrected chi connectivity index (χ2v) is 2.77. The Hall–Kier alpha value is -0.0800. The minimum absolute atomic E-state index is 0.250. The molecule has 1 aliphatic rings. The molecule has 0 aliphatic heterocycles. The van der Waals surface area contributed by atoms with Crippen LogP contribution in [0.5, 0.6) is 0 Å². The SMILES string of the molecule is CCO.CNC1CCC1C. The quantitative estimate of drug-likeness (QED) is 0.577. The topological polar surface area (TPSA) is 32.3 Å². The molecule has 2 atom stereocenters. The lowest BCUT2D eigenvalue weighted by Gasteiger charge is -2.33. The second kappa shape index (κ2) is 5.69. The molecule has 62 valence electrons. The van der Waals surface area contributed by atoms with Gasteiger partial charge in [0.25, 0.3) is 0 Å². The van der Waals surface area contributed by atoms with Crippen LogP contribution in [0.4, 0.5) is 0 Å². The number of nitrogens with one attached hydrogen (secondary N) is 1. The number of aliphatic hydroxyl groups excluding tert-OH is 1. The van der Waals surface area contributed by atoms with E-state index < -0.39 is 0 Å². The highest BCUT2D eigenvalue weighted by molar-refractivity contribution is 4.81. The van der Waals surface area contributed by atoms with Crippen LogP contribution in [0.1, 0.15) is 26.7 Å². The second-order valence-electron chi connectivity index (χ2n) is 2.77. The average molecular weight is 145 g/mol. The van der Waals surface area contributed by atoms with Gasteiger partial charge < -0.3 is 10.4 Å². The maximum absolute atomic E-state index is 7.57. The standard InChI is InChI=1S/C6H13N.C2H6O/c1-5-3-4-6(5)7-2;1-2-3/h5-7H,3-4H2,1-2H3;3H,2H2,1H3. The van der Waals surface area contributed by atoms with Gasteiger partial charge in [-0.2, -0.15) is 0 Å². The molecule has 10 heavy (non-hydrogen) atoms. The molecular formula is C8H19NO. The van der Waals surface area contributed by atoms with Crippen molar-refractivity contribution in [2.24, 2.45) is 5.92 Å². The molecule has 0 radical (unpaired) electrons. The van der Waals surface area contributed by atoms with Crippen molar-refractivity contribution >= 4 is 0 Å². The third kappa shape index (κ3) is 3.18. The molecule has 2 heteroatoms. The summed E-state index contributed by atoms with van der Waals surface area (Å²) >= 11 is 0. The van der Waals surface area contributed by atoms with Crippen LogP contribution in [0.3, 0.4) is 0 Å². The summed E-state index contributed by atoms with van der Waals surface area (Å²) in [5.41, 5.74) is 0. The summed E-state index contributed by atoms with van der Waals surface area (Å²) in [6.45, 7) is 4.23. The Labute approximate surface area is 63.6 Å². The van der Waals surface area contributed by atoms with Crippen LogP contribution in [-0.4, -0.2) is 24.8 Å². The maximum atomic E-state index is 7.57. The van der Waals surface area contributed by atoms with Gasteiger partial charge >= 0.3 is 0 Å². The van der Waals surface area contributed by atoms with Crippen molar-refractivity contribution in [1.29, 1.82) is 0 Å². The molecule has 0 aromatic carbocycles. The van der Waals surface area contributed by atoms with Crippen molar-refractivity contribution < 1.29 is 5.11 Å². The van der Waals surface area contributed by atoms with Gasteiger partial charge in [-0.25, -0.2) is 0 Å². The third-order valence-corrected chi connectivity index (χ3v) is 1.99. The summed E-state index contributed by atoms with van der Waals surface area (Å²) in [6, 6.07) is 0.833. The minimum Gasteiger partial charge on any atom is -0.397 e. The van der Waals surface area contributed by atoms with Gasteiger partial charge in [0, 0.05) is 12.6 Å². The molecule has 0 saturated heterocycles. The Morgan fingerprint density at radius 1 is 1.50 bits per heavy atom. The van der Waals surface area contributed by atoms with E-state index in [9.17, 15) is 0 Å². The highest BCUT2D eigenvalue weighted by Gasteiger charge is 2.23. The zero-order chi connectivity index (χ0) is 7.98. The first-order valence-electron chi connectivity index (χ1n) is 4.04. The van der Waals surface area contributed by atoms with Gasteiger partial charge in [-0.05, 0) is 32.7 Å². The highest BCUT2D eigenvalue weighted by Crippen LogP contribution is 2.25. The Kier molecular flexibility index (Phi) is 5.64. The van der Waals surface area contributed by atoms with E-state index in [1.165, 1.54) is 12.8 Å². The van der Waals surface area contributed by atoms with Crippen molar-refractivity contribution in [2.45, 2.75) is 32.7 Å². The first-order chi connectivity index (χ1) is 4.76. The Morgan fingerprint density at radius 2 is 2.00 bits per heavy atom. The minimum atomic E-state index is 0.250. The fraction of sp³-hybridized carbons (Fsp3) is 1.00. The summed E-state index contributed by atoms with van der Waals surface area (Å²) in [4.78, 5) is 0. The Balaban J connectivity index is 0.000000236.